The Balaban J connectivity index is 1.53. The number of piperazine rings is 1. The molecule has 2 fully saturated rings. The van der Waals surface area contributed by atoms with Gasteiger partial charge in [0.1, 0.15) is 0 Å². The normalized spacial score (nSPS) is 23.6. The predicted octanol–water partition coefficient (Wildman–Crippen LogP) is 3.46. The molecule has 0 aromatic heterocycles. The minimum atomic E-state index is -0.643. The molecule has 32 heavy (non-hydrogen) atoms. The molecule has 2 N–H and O–H groups in total. The SMILES string of the molecule is CCOC(=O)C1=C(CN2CCN(C3CCCCC3)CC2)NC(=O)N[C@@H]1c1ccccc1Cl. The number of carbonyl (C=O) groups is 2. The summed E-state index contributed by atoms with van der Waals surface area (Å²) < 4.78 is 5.37. The van der Waals surface area contributed by atoms with Gasteiger partial charge in [0.05, 0.1) is 18.2 Å². The minimum Gasteiger partial charge on any atom is -0.463 e. The Morgan fingerprint density at radius 3 is 2.53 bits per heavy atom. The highest BCUT2D eigenvalue weighted by Gasteiger charge is 2.36. The van der Waals surface area contributed by atoms with E-state index in [1.165, 1.54) is 32.1 Å². The van der Waals surface area contributed by atoms with E-state index in [9.17, 15) is 9.59 Å². The maximum Gasteiger partial charge on any atom is 0.338 e. The van der Waals surface area contributed by atoms with Crippen LogP contribution in [0.15, 0.2) is 35.5 Å². The largest absolute Gasteiger partial charge is 0.463 e. The molecule has 1 aliphatic carbocycles. The van der Waals surface area contributed by atoms with Gasteiger partial charge in [0.2, 0.25) is 0 Å². The molecule has 8 heteroatoms. The third-order valence-corrected chi connectivity index (χ3v) is 7.09. The van der Waals surface area contributed by atoms with Gasteiger partial charge in [-0.3, -0.25) is 9.80 Å². The number of rotatable bonds is 6. The first-order valence-corrected chi connectivity index (χ1v) is 12.1. The van der Waals surface area contributed by atoms with Crippen molar-refractivity contribution in [3.63, 3.8) is 0 Å². The van der Waals surface area contributed by atoms with Crippen LogP contribution in [0.2, 0.25) is 5.02 Å². The van der Waals surface area contributed by atoms with Gasteiger partial charge in [-0.05, 0) is 31.4 Å². The molecule has 0 spiro atoms. The highest BCUT2D eigenvalue weighted by molar-refractivity contribution is 6.31. The van der Waals surface area contributed by atoms with Crippen LogP contribution in [0, 0.1) is 0 Å². The second kappa shape index (κ2) is 10.7. The monoisotopic (exact) mass is 460 g/mol. The van der Waals surface area contributed by atoms with E-state index in [1.54, 1.807) is 13.0 Å². The summed E-state index contributed by atoms with van der Waals surface area (Å²) >= 11 is 6.42. The molecule has 1 saturated heterocycles. The van der Waals surface area contributed by atoms with Crippen molar-refractivity contribution in [3.8, 4) is 0 Å². The summed E-state index contributed by atoms with van der Waals surface area (Å²) in [6.07, 6.45) is 6.65. The van der Waals surface area contributed by atoms with E-state index in [0.717, 1.165) is 26.2 Å². The van der Waals surface area contributed by atoms with Crippen LogP contribution in [0.5, 0.6) is 0 Å². The first kappa shape index (κ1) is 23.1. The topological polar surface area (TPSA) is 73.9 Å². The van der Waals surface area contributed by atoms with E-state index in [4.69, 9.17) is 16.3 Å². The Morgan fingerprint density at radius 1 is 1.12 bits per heavy atom. The number of hydrogen-bond donors (Lipinski definition) is 2. The number of nitrogens with one attached hydrogen (secondary N) is 2. The second-order valence-electron chi connectivity index (χ2n) is 8.77. The van der Waals surface area contributed by atoms with Gasteiger partial charge < -0.3 is 15.4 Å². The number of urea groups is 1. The molecule has 1 aromatic carbocycles. The molecule has 1 saturated carbocycles. The van der Waals surface area contributed by atoms with Crippen LogP contribution in [-0.2, 0) is 9.53 Å². The van der Waals surface area contributed by atoms with E-state index in [0.29, 0.717) is 34.4 Å². The zero-order valence-electron chi connectivity index (χ0n) is 18.7. The summed E-state index contributed by atoms with van der Waals surface area (Å²) in [7, 11) is 0. The highest BCUT2D eigenvalue weighted by Crippen LogP contribution is 2.32. The average Bonchev–Trinajstić information content (AvgIpc) is 2.80. The van der Waals surface area contributed by atoms with Gasteiger partial charge in [0, 0.05) is 49.5 Å². The Morgan fingerprint density at radius 2 is 1.84 bits per heavy atom. The zero-order chi connectivity index (χ0) is 22.5. The van der Waals surface area contributed by atoms with Crippen molar-refractivity contribution in [1.29, 1.82) is 0 Å². The van der Waals surface area contributed by atoms with Crippen LogP contribution in [-0.4, -0.2) is 67.2 Å². The number of halogens is 1. The fraction of sp³-hybridized carbons (Fsp3) is 0.583. The number of ether oxygens (including phenoxy) is 1. The van der Waals surface area contributed by atoms with Crippen LogP contribution >= 0.6 is 11.6 Å². The van der Waals surface area contributed by atoms with Crippen molar-refractivity contribution in [2.75, 3.05) is 39.3 Å². The maximum absolute atomic E-state index is 13.0. The van der Waals surface area contributed by atoms with Crippen molar-refractivity contribution in [2.24, 2.45) is 0 Å². The van der Waals surface area contributed by atoms with Gasteiger partial charge in [-0.2, -0.15) is 0 Å². The molecular formula is C24H33ClN4O3. The Kier molecular flexibility index (Phi) is 7.71. The number of amides is 2. The minimum absolute atomic E-state index is 0.263. The molecule has 1 atom stereocenters. The molecule has 3 aliphatic rings. The first-order valence-electron chi connectivity index (χ1n) is 11.7. The Labute approximate surface area is 195 Å². The molecule has 0 bridgehead atoms. The van der Waals surface area contributed by atoms with Gasteiger partial charge in [-0.25, -0.2) is 9.59 Å². The fourth-order valence-corrected chi connectivity index (χ4v) is 5.34. The molecule has 174 valence electrons. The molecule has 1 aromatic rings. The number of carbonyl (C=O) groups excluding carboxylic acids is 2. The van der Waals surface area contributed by atoms with Crippen LogP contribution in [0.25, 0.3) is 0 Å². The summed E-state index contributed by atoms with van der Waals surface area (Å²) in [5.74, 6) is -0.430. The van der Waals surface area contributed by atoms with Gasteiger partial charge in [0.25, 0.3) is 0 Å². The summed E-state index contributed by atoms with van der Waals surface area (Å²) in [5, 5.41) is 6.24. The number of benzene rings is 1. The van der Waals surface area contributed by atoms with Gasteiger partial charge in [0.15, 0.2) is 0 Å². The number of hydrogen-bond acceptors (Lipinski definition) is 5. The van der Waals surface area contributed by atoms with Gasteiger partial charge in [-0.15, -0.1) is 0 Å². The average molecular weight is 461 g/mol. The molecule has 0 radical (unpaired) electrons. The fourth-order valence-electron chi connectivity index (χ4n) is 5.09. The lowest BCUT2D eigenvalue weighted by molar-refractivity contribution is -0.139. The maximum atomic E-state index is 13.0. The predicted molar refractivity (Wildman–Crippen MR) is 124 cm³/mol. The summed E-state index contributed by atoms with van der Waals surface area (Å²) in [5.41, 5.74) is 1.71. The summed E-state index contributed by atoms with van der Waals surface area (Å²) in [4.78, 5) is 30.4. The van der Waals surface area contributed by atoms with Crippen molar-refractivity contribution in [1.82, 2.24) is 20.4 Å². The Hall–Kier alpha value is -2.09. The first-order chi connectivity index (χ1) is 15.6. The number of nitrogens with zero attached hydrogens (tertiary/aromatic N) is 2. The lowest BCUT2D eigenvalue weighted by Crippen LogP contribution is -2.53. The van der Waals surface area contributed by atoms with Crippen LogP contribution in [0.3, 0.4) is 0 Å². The standard InChI is InChI=1S/C24H33ClN4O3/c1-2-32-23(30)21-20(26-24(31)27-22(21)18-10-6-7-11-19(18)25)16-28-12-14-29(15-13-28)17-8-4-3-5-9-17/h6-7,10-11,17,22H,2-5,8-9,12-16H2,1H3,(H2,26,27,31)/t22-/m1/s1. The summed E-state index contributed by atoms with van der Waals surface area (Å²) in [6, 6.07) is 7.01. The molecule has 7 nitrogen and oxygen atoms in total. The summed E-state index contributed by atoms with van der Waals surface area (Å²) in [6.45, 7) is 6.41. The third kappa shape index (κ3) is 5.27. The van der Waals surface area contributed by atoms with Crippen molar-refractivity contribution in [3.05, 3.63) is 46.1 Å². The van der Waals surface area contributed by atoms with E-state index in [1.807, 2.05) is 18.2 Å². The lowest BCUT2D eigenvalue weighted by atomic mass is 9.93. The zero-order valence-corrected chi connectivity index (χ0v) is 19.5. The molecular weight excluding hydrogens is 428 g/mol. The van der Waals surface area contributed by atoms with E-state index < -0.39 is 12.0 Å². The van der Waals surface area contributed by atoms with Gasteiger partial charge in [-0.1, -0.05) is 49.1 Å². The highest BCUT2D eigenvalue weighted by atomic mass is 35.5. The van der Waals surface area contributed by atoms with Gasteiger partial charge >= 0.3 is 12.0 Å². The van der Waals surface area contributed by atoms with Crippen LogP contribution in [0.4, 0.5) is 4.79 Å². The molecule has 4 rings (SSSR count). The van der Waals surface area contributed by atoms with E-state index in [2.05, 4.69) is 20.4 Å². The van der Waals surface area contributed by atoms with Crippen LogP contribution < -0.4 is 10.6 Å². The number of esters is 1. The van der Waals surface area contributed by atoms with Crippen LogP contribution in [0.1, 0.15) is 50.6 Å². The third-order valence-electron chi connectivity index (χ3n) is 6.74. The van der Waals surface area contributed by atoms with Crippen molar-refractivity contribution < 1.29 is 14.3 Å². The van der Waals surface area contributed by atoms with E-state index >= 15 is 0 Å². The molecule has 2 aliphatic heterocycles. The smallest absolute Gasteiger partial charge is 0.338 e. The van der Waals surface area contributed by atoms with E-state index in [-0.39, 0.29) is 12.6 Å². The van der Waals surface area contributed by atoms with Crippen molar-refractivity contribution in [2.45, 2.75) is 51.1 Å². The lowest BCUT2D eigenvalue weighted by Gasteiger charge is -2.41. The molecule has 2 heterocycles. The van der Waals surface area contributed by atoms with Crippen molar-refractivity contribution >= 4 is 23.6 Å². The molecule has 2 amide bonds. The second-order valence-corrected chi connectivity index (χ2v) is 9.18. The quantitative estimate of drug-likeness (QED) is 0.636. The Bertz CT molecular complexity index is 861. The molecule has 0 unspecified atom stereocenters.